The first-order valence-corrected chi connectivity index (χ1v) is 12.5. The number of hydrogen-bond donors (Lipinski definition) is 0. The second-order valence-electron chi connectivity index (χ2n) is 8.81. The molecule has 1 amide bonds. The molecule has 0 radical (unpaired) electrons. The molecule has 2 fully saturated rings. The molecule has 2 atom stereocenters. The summed E-state index contributed by atoms with van der Waals surface area (Å²) in [5.74, 6) is -0.0141. The number of hydrogen-bond acceptors (Lipinski definition) is 4. The van der Waals surface area contributed by atoms with Gasteiger partial charge in [-0.25, -0.2) is 8.42 Å². The van der Waals surface area contributed by atoms with E-state index in [1.807, 2.05) is 24.3 Å². The molecule has 160 valence electrons. The Morgan fingerprint density at radius 1 is 1.17 bits per heavy atom. The second kappa shape index (κ2) is 8.50. The number of aromatic nitrogens is 1. The zero-order valence-corrected chi connectivity index (χ0v) is 18.4. The van der Waals surface area contributed by atoms with Gasteiger partial charge in [-0.1, -0.05) is 43.2 Å². The lowest BCUT2D eigenvalue weighted by Gasteiger charge is -2.42. The molecule has 30 heavy (non-hydrogen) atoms. The highest BCUT2D eigenvalue weighted by molar-refractivity contribution is 7.92. The molecule has 0 N–H and O–H groups in total. The van der Waals surface area contributed by atoms with Crippen LogP contribution in [-0.4, -0.2) is 41.3 Å². The fourth-order valence-electron chi connectivity index (χ4n) is 5.23. The minimum atomic E-state index is -3.40. The van der Waals surface area contributed by atoms with E-state index in [4.69, 9.17) is 0 Å². The number of sulfone groups is 1. The maximum Gasteiger partial charge on any atom is 0.224 e. The lowest BCUT2D eigenvalue weighted by atomic mass is 9.73. The summed E-state index contributed by atoms with van der Waals surface area (Å²) in [6.07, 6.45) is 7.63. The van der Waals surface area contributed by atoms with Crippen LogP contribution in [0.4, 0.5) is 0 Å². The molecule has 1 spiro atoms. The van der Waals surface area contributed by atoms with Gasteiger partial charge in [0, 0.05) is 31.9 Å². The molecule has 2 heterocycles. The summed E-state index contributed by atoms with van der Waals surface area (Å²) in [4.78, 5) is 19.1. The van der Waals surface area contributed by atoms with Crippen molar-refractivity contribution in [3.8, 4) is 0 Å². The average Bonchev–Trinajstić information content (AvgIpc) is 2.82. The van der Waals surface area contributed by atoms with E-state index in [0.29, 0.717) is 13.0 Å². The van der Waals surface area contributed by atoms with Gasteiger partial charge >= 0.3 is 0 Å². The highest BCUT2D eigenvalue weighted by Crippen LogP contribution is 2.46. The summed E-state index contributed by atoms with van der Waals surface area (Å²) in [6, 6.07) is 12.0. The molecule has 5 nitrogen and oxygen atoms in total. The van der Waals surface area contributed by atoms with Gasteiger partial charge in [0.25, 0.3) is 0 Å². The monoisotopic (exact) mass is 426 g/mol. The van der Waals surface area contributed by atoms with Gasteiger partial charge in [0.2, 0.25) is 5.91 Å². The predicted octanol–water partition coefficient (Wildman–Crippen LogP) is 3.71. The zero-order valence-electron chi connectivity index (χ0n) is 17.6. The van der Waals surface area contributed by atoms with Gasteiger partial charge in [-0.15, -0.1) is 0 Å². The number of nitrogens with zero attached hydrogens (tertiary/aromatic N) is 2. The van der Waals surface area contributed by atoms with Crippen LogP contribution in [0, 0.1) is 12.8 Å². The van der Waals surface area contributed by atoms with E-state index < -0.39 is 14.6 Å². The molecule has 0 bridgehead atoms. The van der Waals surface area contributed by atoms with Crippen molar-refractivity contribution in [2.24, 2.45) is 5.92 Å². The largest absolute Gasteiger partial charge is 0.337 e. The van der Waals surface area contributed by atoms with E-state index >= 15 is 0 Å². The lowest BCUT2D eigenvalue weighted by molar-refractivity contribution is -0.132. The molecule has 1 aromatic carbocycles. The molecular formula is C24H30N2O3S. The number of pyridine rings is 1. The molecule has 2 aromatic rings. The third kappa shape index (κ3) is 4.02. The van der Waals surface area contributed by atoms with Crippen LogP contribution in [0.2, 0.25) is 0 Å². The number of carbonyl (C=O) groups excluding carboxylic acids is 1. The first-order valence-electron chi connectivity index (χ1n) is 10.8. The number of rotatable bonds is 4. The average molecular weight is 427 g/mol. The standard InChI is InChI=1S/C24H30N2O3S/c1-19-7-2-3-9-21(19)15-22-10-4-5-11-24(22)16-23(27)26(13-14-30(24,28)29)18-20-8-6-12-25-17-20/h2-3,6-9,12,17,22H,4-5,10-11,13-16,18H2,1H3. The van der Waals surface area contributed by atoms with Crippen molar-refractivity contribution in [1.29, 1.82) is 0 Å². The number of amides is 1. The van der Waals surface area contributed by atoms with Crippen LogP contribution in [0.15, 0.2) is 48.8 Å². The van der Waals surface area contributed by atoms with Crippen LogP contribution >= 0.6 is 0 Å². The van der Waals surface area contributed by atoms with Gasteiger partial charge in [-0.2, -0.15) is 0 Å². The molecule has 1 aromatic heterocycles. The van der Waals surface area contributed by atoms with Crippen molar-refractivity contribution in [2.75, 3.05) is 12.3 Å². The molecule has 2 unspecified atom stereocenters. The summed E-state index contributed by atoms with van der Waals surface area (Å²) in [5, 5.41) is 0. The molecule has 4 rings (SSSR count). The molecule has 1 saturated carbocycles. The minimum absolute atomic E-state index is 0.0142. The third-order valence-corrected chi connectivity index (χ3v) is 9.66. The molecule has 1 aliphatic heterocycles. The second-order valence-corrected chi connectivity index (χ2v) is 11.3. The molecule has 2 aliphatic rings. The van der Waals surface area contributed by atoms with Crippen molar-refractivity contribution >= 4 is 15.7 Å². The van der Waals surface area contributed by atoms with Crippen LogP contribution in [-0.2, 0) is 27.6 Å². The summed E-state index contributed by atoms with van der Waals surface area (Å²) in [6.45, 7) is 2.75. The van der Waals surface area contributed by atoms with Crippen molar-refractivity contribution < 1.29 is 13.2 Å². The zero-order chi connectivity index (χ0) is 21.2. The maximum absolute atomic E-state index is 13.6. The number of benzene rings is 1. The molecule has 1 saturated heterocycles. The van der Waals surface area contributed by atoms with E-state index in [-0.39, 0.29) is 30.5 Å². The third-order valence-electron chi connectivity index (χ3n) is 7.02. The summed E-state index contributed by atoms with van der Waals surface area (Å²) < 4.78 is 26.3. The summed E-state index contributed by atoms with van der Waals surface area (Å²) in [7, 11) is -3.40. The van der Waals surface area contributed by atoms with Gasteiger partial charge in [0.05, 0.1) is 10.5 Å². The van der Waals surface area contributed by atoms with Crippen LogP contribution in [0.25, 0.3) is 0 Å². The van der Waals surface area contributed by atoms with E-state index in [2.05, 4.69) is 24.0 Å². The number of carbonyl (C=O) groups is 1. The van der Waals surface area contributed by atoms with Gasteiger partial charge in [-0.05, 0) is 54.9 Å². The first kappa shape index (κ1) is 21.0. The normalized spacial score (nSPS) is 26.5. The first-order chi connectivity index (χ1) is 14.4. The van der Waals surface area contributed by atoms with E-state index in [9.17, 15) is 13.2 Å². The van der Waals surface area contributed by atoms with E-state index in [1.165, 1.54) is 11.1 Å². The Morgan fingerprint density at radius 2 is 2.00 bits per heavy atom. The lowest BCUT2D eigenvalue weighted by Crippen LogP contribution is -2.50. The Morgan fingerprint density at radius 3 is 2.77 bits per heavy atom. The quantitative estimate of drug-likeness (QED) is 0.747. The van der Waals surface area contributed by atoms with Crippen LogP contribution < -0.4 is 0 Å². The summed E-state index contributed by atoms with van der Waals surface area (Å²) in [5.41, 5.74) is 3.32. The maximum atomic E-state index is 13.6. The van der Waals surface area contributed by atoms with Crippen LogP contribution in [0.3, 0.4) is 0 Å². The van der Waals surface area contributed by atoms with Gasteiger partial charge in [-0.3, -0.25) is 9.78 Å². The SMILES string of the molecule is Cc1ccccc1CC1CCCCC12CC(=O)N(Cc1cccnc1)CCS2(=O)=O. The van der Waals surface area contributed by atoms with Crippen LogP contribution in [0.5, 0.6) is 0 Å². The Hall–Kier alpha value is -2.21. The summed E-state index contributed by atoms with van der Waals surface area (Å²) >= 11 is 0. The van der Waals surface area contributed by atoms with Crippen molar-refractivity contribution in [1.82, 2.24) is 9.88 Å². The van der Waals surface area contributed by atoms with Crippen molar-refractivity contribution in [2.45, 2.75) is 56.7 Å². The van der Waals surface area contributed by atoms with E-state index in [1.54, 1.807) is 17.3 Å². The van der Waals surface area contributed by atoms with Crippen LogP contribution in [0.1, 0.15) is 48.8 Å². The Labute approximate surface area is 179 Å². The van der Waals surface area contributed by atoms with Crippen molar-refractivity contribution in [3.63, 3.8) is 0 Å². The Bertz CT molecular complexity index is 1010. The molecule has 6 heteroatoms. The van der Waals surface area contributed by atoms with Gasteiger partial charge in [0.15, 0.2) is 9.84 Å². The Kier molecular flexibility index (Phi) is 5.96. The van der Waals surface area contributed by atoms with E-state index in [0.717, 1.165) is 31.2 Å². The van der Waals surface area contributed by atoms with Gasteiger partial charge in [0.1, 0.15) is 0 Å². The van der Waals surface area contributed by atoms with Crippen molar-refractivity contribution in [3.05, 3.63) is 65.5 Å². The smallest absolute Gasteiger partial charge is 0.224 e. The highest BCUT2D eigenvalue weighted by Gasteiger charge is 2.53. The topological polar surface area (TPSA) is 67.3 Å². The minimum Gasteiger partial charge on any atom is -0.337 e. The number of aryl methyl sites for hydroxylation is 1. The fourth-order valence-corrected chi connectivity index (χ4v) is 7.61. The molecular weight excluding hydrogens is 396 g/mol. The van der Waals surface area contributed by atoms with Gasteiger partial charge < -0.3 is 4.90 Å². The Balaban J connectivity index is 1.64. The highest BCUT2D eigenvalue weighted by atomic mass is 32.2. The molecule has 1 aliphatic carbocycles. The fraction of sp³-hybridized carbons (Fsp3) is 0.500. The predicted molar refractivity (Wildman–Crippen MR) is 118 cm³/mol.